The van der Waals surface area contributed by atoms with E-state index in [1.807, 2.05) is 0 Å². The van der Waals surface area contributed by atoms with Crippen LogP contribution in [0.1, 0.15) is 21.5 Å². The fraction of sp³-hybridized carbons (Fsp3) is 0.200. The number of carbonyl (C=O) groups is 2. The van der Waals surface area contributed by atoms with Gasteiger partial charge < -0.3 is 14.6 Å². The van der Waals surface area contributed by atoms with E-state index in [0.717, 1.165) is 0 Å². The molecule has 6 nitrogen and oxygen atoms in total. The minimum atomic E-state index is -1.11. The number of aliphatic carboxylic acids is 1. The molecule has 23 heavy (non-hydrogen) atoms. The van der Waals surface area contributed by atoms with Crippen molar-refractivity contribution in [1.29, 1.82) is 0 Å². The highest BCUT2D eigenvalue weighted by atomic mass is 35.5. The predicted molar refractivity (Wildman–Crippen MR) is 85.9 cm³/mol. The minimum Gasteiger partial charge on any atom is -0.480 e. The maximum atomic E-state index is 11.1. The molecule has 0 radical (unpaired) electrons. The van der Waals surface area contributed by atoms with Crippen LogP contribution in [0.25, 0.3) is 11.3 Å². The Morgan fingerprint density at radius 2 is 2.04 bits per heavy atom. The molecular weight excluding hydrogens is 342 g/mol. The number of nitrogens with one attached hydrogen (secondary N) is 1. The second kappa shape index (κ2) is 6.27. The number of thioether (sulfide) groups is 1. The summed E-state index contributed by atoms with van der Waals surface area (Å²) in [4.78, 5) is 22.1. The number of hydrogen-bond acceptors (Lipinski definition) is 5. The molecule has 1 aromatic carbocycles. The predicted octanol–water partition coefficient (Wildman–Crippen LogP) is 3.09. The molecule has 3 N–H and O–H groups in total. The number of aromatic carboxylic acids is 1. The Balaban J connectivity index is 1.84. The maximum absolute atomic E-state index is 11.1. The van der Waals surface area contributed by atoms with E-state index >= 15 is 0 Å². The number of hydrogen-bond donors (Lipinski definition) is 3. The minimum absolute atomic E-state index is 0.00132. The number of rotatable bonds is 4. The highest BCUT2D eigenvalue weighted by molar-refractivity contribution is 8.01. The Bertz CT molecular complexity index is 775. The second-order valence-electron chi connectivity index (χ2n) is 4.95. The van der Waals surface area contributed by atoms with Gasteiger partial charge in [0.25, 0.3) is 0 Å². The summed E-state index contributed by atoms with van der Waals surface area (Å²) in [6.07, 6.45) is 0. The molecule has 1 saturated heterocycles. The van der Waals surface area contributed by atoms with Crippen LogP contribution >= 0.6 is 23.4 Å². The van der Waals surface area contributed by atoms with Gasteiger partial charge in [0.15, 0.2) is 0 Å². The topological polar surface area (TPSA) is 99.8 Å². The van der Waals surface area contributed by atoms with Gasteiger partial charge >= 0.3 is 11.9 Å². The van der Waals surface area contributed by atoms with E-state index in [9.17, 15) is 9.59 Å². The lowest BCUT2D eigenvalue weighted by Gasteiger charge is -2.06. The monoisotopic (exact) mass is 353 g/mol. The van der Waals surface area contributed by atoms with Crippen LogP contribution in [0.2, 0.25) is 5.02 Å². The summed E-state index contributed by atoms with van der Waals surface area (Å²) < 4.78 is 5.74. The summed E-state index contributed by atoms with van der Waals surface area (Å²) in [5.41, 5.74) is 0.595. The SMILES string of the molecule is O=C(O)c1cc(-c2ccc([C@@H]3NC[C@@H](C(=O)O)S3)o2)ccc1Cl. The zero-order valence-electron chi connectivity index (χ0n) is 11.7. The van der Waals surface area contributed by atoms with Crippen LogP contribution in [0.5, 0.6) is 0 Å². The molecular formula is C15H12ClNO5S. The quantitative estimate of drug-likeness (QED) is 0.776. The molecule has 2 aromatic rings. The van der Waals surface area contributed by atoms with Crippen LogP contribution in [0, 0.1) is 0 Å². The largest absolute Gasteiger partial charge is 0.480 e. The fourth-order valence-electron chi connectivity index (χ4n) is 2.28. The van der Waals surface area contributed by atoms with Gasteiger partial charge in [0.1, 0.15) is 22.1 Å². The van der Waals surface area contributed by atoms with Gasteiger partial charge in [-0.3, -0.25) is 10.1 Å². The average Bonchev–Trinajstić information content (AvgIpc) is 3.16. The van der Waals surface area contributed by atoms with E-state index in [-0.39, 0.29) is 16.0 Å². The van der Waals surface area contributed by atoms with Gasteiger partial charge in [0.2, 0.25) is 0 Å². The lowest BCUT2D eigenvalue weighted by molar-refractivity contribution is -0.136. The Labute approximate surface area is 140 Å². The second-order valence-corrected chi connectivity index (χ2v) is 6.67. The van der Waals surface area contributed by atoms with Crippen LogP contribution in [-0.4, -0.2) is 33.9 Å². The molecule has 0 amide bonds. The highest BCUT2D eigenvalue weighted by Crippen LogP contribution is 2.37. The Hall–Kier alpha value is -1.96. The highest BCUT2D eigenvalue weighted by Gasteiger charge is 2.32. The van der Waals surface area contributed by atoms with Crippen LogP contribution in [-0.2, 0) is 4.79 Å². The van der Waals surface area contributed by atoms with Gasteiger partial charge in [0, 0.05) is 12.1 Å². The van der Waals surface area contributed by atoms with Crippen LogP contribution < -0.4 is 5.32 Å². The van der Waals surface area contributed by atoms with Crippen molar-refractivity contribution in [3.63, 3.8) is 0 Å². The summed E-state index contributed by atoms with van der Waals surface area (Å²) in [6, 6.07) is 8.10. The van der Waals surface area contributed by atoms with E-state index < -0.39 is 17.2 Å². The zero-order chi connectivity index (χ0) is 16.6. The molecule has 1 aromatic heterocycles. The van der Waals surface area contributed by atoms with E-state index in [1.54, 1.807) is 18.2 Å². The van der Waals surface area contributed by atoms with Crippen LogP contribution in [0.15, 0.2) is 34.7 Å². The van der Waals surface area contributed by atoms with Crippen molar-refractivity contribution in [3.8, 4) is 11.3 Å². The van der Waals surface area contributed by atoms with Crippen LogP contribution in [0.3, 0.4) is 0 Å². The molecule has 0 spiro atoms. The van der Waals surface area contributed by atoms with E-state index in [1.165, 1.54) is 23.9 Å². The summed E-state index contributed by atoms with van der Waals surface area (Å²) in [7, 11) is 0. The summed E-state index contributed by atoms with van der Waals surface area (Å²) >= 11 is 7.12. The third-order valence-corrected chi connectivity index (χ3v) is 5.13. The third kappa shape index (κ3) is 3.21. The maximum Gasteiger partial charge on any atom is 0.337 e. The molecule has 8 heteroatoms. The van der Waals surface area contributed by atoms with Crippen molar-refractivity contribution in [1.82, 2.24) is 5.32 Å². The number of furan rings is 1. The van der Waals surface area contributed by atoms with Gasteiger partial charge in [-0.15, -0.1) is 11.8 Å². The standard InChI is InChI=1S/C15H12ClNO5S/c16-9-2-1-7(5-8(9)14(18)19)10-3-4-11(22-10)13-17-6-12(23-13)15(20)21/h1-5,12-13,17H,6H2,(H,18,19)(H,20,21)/t12-,13+/m0/s1. The molecule has 0 saturated carbocycles. The van der Waals surface area contributed by atoms with Gasteiger partial charge in [-0.1, -0.05) is 11.6 Å². The van der Waals surface area contributed by atoms with Crippen molar-refractivity contribution in [2.24, 2.45) is 0 Å². The van der Waals surface area contributed by atoms with Gasteiger partial charge in [0.05, 0.1) is 10.6 Å². The van der Waals surface area contributed by atoms with E-state index in [4.69, 9.17) is 26.2 Å². The number of halogens is 1. The van der Waals surface area contributed by atoms with Gasteiger partial charge in [-0.2, -0.15) is 0 Å². The normalized spacial score (nSPS) is 20.6. The van der Waals surface area contributed by atoms with Crippen molar-refractivity contribution in [2.75, 3.05) is 6.54 Å². The number of carboxylic acid groups (broad SMARTS) is 2. The van der Waals surface area contributed by atoms with Crippen molar-refractivity contribution in [3.05, 3.63) is 46.7 Å². The number of carboxylic acids is 2. The molecule has 2 heterocycles. The smallest absolute Gasteiger partial charge is 0.337 e. The molecule has 1 fully saturated rings. The molecule has 2 atom stereocenters. The average molecular weight is 354 g/mol. The Morgan fingerprint density at radius 3 is 2.70 bits per heavy atom. The zero-order valence-corrected chi connectivity index (χ0v) is 13.2. The third-order valence-electron chi connectivity index (χ3n) is 3.43. The Morgan fingerprint density at radius 1 is 1.26 bits per heavy atom. The Kier molecular flexibility index (Phi) is 4.34. The molecule has 120 valence electrons. The molecule has 0 unspecified atom stereocenters. The molecule has 1 aliphatic heterocycles. The van der Waals surface area contributed by atoms with E-state index in [0.29, 0.717) is 23.6 Å². The van der Waals surface area contributed by atoms with E-state index in [2.05, 4.69) is 5.32 Å². The molecule has 1 aliphatic rings. The first-order chi connectivity index (χ1) is 11.0. The van der Waals surface area contributed by atoms with Gasteiger partial charge in [-0.25, -0.2) is 4.79 Å². The fourth-order valence-corrected chi connectivity index (χ4v) is 3.57. The first-order valence-corrected chi connectivity index (χ1v) is 8.02. The molecule has 3 rings (SSSR count). The summed E-state index contributed by atoms with van der Waals surface area (Å²) in [5.74, 6) is -0.873. The summed E-state index contributed by atoms with van der Waals surface area (Å²) in [6.45, 7) is 0.366. The first kappa shape index (κ1) is 15.9. The van der Waals surface area contributed by atoms with Gasteiger partial charge in [-0.05, 0) is 30.3 Å². The van der Waals surface area contributed by atoms with Crippen molar-refractivity contribution < 1.29 is 24.2 Å². The van der Waals surface area contributed by atoms with Crippen LogP contribution in [0.4, 0.5) is 0 Å². The van der Waals surface area contributed by atoms with Crippen molar-refractivity contribution in [2.45, 2.75) is 10.6 Å². The lowest BCUT2D eigenvalue weighted by atomic mass is 10.1. The molecule has 0 bridgehead atoms. The first-order valence-electron chi connectivity index (χ1n) is 6.70. The van der Waals surface area contributed by atoms with Crippen molar-refractivity contribution >= 4 is 35.3 Å². The molecule has 0 aliphatic carbocycles. The lowest BCUT2D eigenvalue weighted by Crippen LogP contribution is -2.21. The summed E-state index contributed by atoms with van der Waals surface area (Å²) in [5, 5.41) is 20.6. The number of benzene rings is 1.